The molecule has 3 rings (SSSR count). The van der Waals surface area contributed by atoms with Gasteiger partial charge in [-0.15, -0.1) is 0 Å². The van der Waals surface area contributed by atoms with Crippen molar-refractivity contribution >= 4 is 23.5 Å². The number of nitrogens with zero attached hydrogens (tertiary/aromatic N) is 11. The number of carbonyl (C=O) groups is 2. The van der Waals surface area contributed by atoms with Gasteiger partial charge in [-0.3, -0.25) is 29.3 Å². The molecule has 0 spiro atoms. The zero-order chi connectivity index (χ0) is 34.5. The molecule has 0 aromatic carbocycles. The molecule has 2 amide bonds. The second-order valence-corrected chi connectivity index (χ2v) is 11.3. The first kappa shape index (κ1) is 43.1. The molecule has 0 aliphatic heterocycles. The average Bonchev–Trinajstić information content (AvgIpc) is 2.94. The van der Waals surface area contributed by atoms with Crippen LogP contribution in [0.1, 0.15) is 65.5 Å². The van der Waals surface area contributed by atoms with Crippen LogP contribution >= 0.6 is 0 Å². The van der Waals surface area contributed by atoms with Gasteiger partial charge < -0.3 is 32.8 Å². The molecular weight excluding hydrogens is 633 g/mol. The van der Waals surface area contributed by atoms with Gasteiger partial charge in [0.2, 0.25) is 11.8 Å². The van der Waals surface area contributed by atoms with Crippen molar-refractivity contribution in [3.05, 3.63) is 110 Å². The van der Waals surface area contributed by atoms with Crippen LogP contribution in [0.5, 0.6) is 0 Å². The first-order chi connectivity index (χ1) is 21.1. The number of aromatic nitrogens is 3. The maximum atomic E-state index is 12.4. The molecule has 3 aromatic rings. The molecule has 0 radical (unpaired) electrons. The molecule has 0 unspecified atom stereocenters. The van der Waals surface area contributed by atoms with Gasteiger partial charge in [0.25, 0.3) is 0 Å². The van der Waals surface area contributed by atoms with Crippen molar-refractivity contribution in [2.24, 2.45) is 10.8 Å². The van der Waals surface area contributed by atoms with Gasteiger partial charge in [-0.1, -0.05) is 59.7 Å². The summed E-state index contributed by atoms with van der Waals surface area (Å²) in [5, 5.41) is 13.1. The Bertz CT molecular complexity index is 1380. The van der Waals surface area contributed by atoms with E-state index in [4.69, 9.17) is 27.4 Å². The fraction of sp³-hybridized carbons (Fsp3) is 0.400. The van der Waals surface area contributed by atoms with Crippen molar-refractivity contribution in [1.29, 1.82) is 5.26 Å². The smallest absolute Gasteiger partial charge is 0.373 e. The van der Waals surface area contributed by atoms with Gasteiger partial charge in [-0.05, 0) is 36.4 Å². The molecule has 244 valence electrons. The summed E-state index contributed by atoms with van der Waals surface area (Å²) < 4.78 is 0. The first-order valence-electron chi connectivity index (χ1n) is 13.6. The van der Waals surface area contributed by atoms with Gasteiger partial charge >= 0.3 is 16.8 Å². The van der Waals surface area contributed by atoms with Crippen molar-refractivity contribution < 1.29 is 26.4 Å². The number of hydrogen-bond donors (Lipinski definition) is 2. The van der Waals surface area contributed by atoms with Crippen LogP contribution in [0.3, 0.4) is 0 Å². The summed E-state index contributed by atoms with van der Waals surface area (Å²) in [6.45, 7) is 14.3. The summed E-state index contributed by atoms with van der Waals surface area (Å²) in [6, 6.07) is 18.8. The minimum atomic E-state index is -0.512. The van der Waals surface area contributed by atoms with Gasteiger partial charge in [-0.2, -0.15) is 5.26 Å². The summed E-state index contributed by atoms with van der Waals surface area (Å²) in [7, 11) is 0. The zero-order valence-corrected chi connectivity index (χ0v) is 28.0. The summed E-state index contributed by atoms with van der Waals surface area (Å²) in [4.78, 5) is 43.8. The minimum absolute atomic E-state index is 0. The third kappa shape index (κ3) is 18.6. The molecule has 16 heteroatoms. The fourth-order valence-corrected chi connectivity index (χ4v) is 3.23. The van der Waals surface area contributed by atoms with Gasteiger partial charge in [0.05, 0.1) is 23.2 Å². The number of nitrogens with one attached hydrogen (secondary N) is 2. The Hall–Kier alpha value is -5.03. The van der Waals surface area contributed by atoms with E-state index in [1.165, 1.54) is 16.7 Å². The summed E-state index contributed by atoms with van der Waals surface area (Å²) >= 11 is 0. The van der Waals surface area contributed by atoms with Crippen molar-refractivity contribution in [3.63, 3.8) is 0 Å². The van der Waals surface area contributed by atoms with Crippen LogP contribution in [-0.4, -0.2) is 31.7 Å². The van der Waals surface area contributed by atoms with E-state index < -0.39 is 10.8 Å². The molecule has 0 fully saturated rings. The number of nitriles is 1. The Labute approximate surface area is 279 Å². The van der Waals surface area contributed by atoms with Crippen LogP contribution in [0.15, 0.2) is 60.8 Å². The quantitative estimate of drug-likeness (QED) is 0.140. The maximum absolute atomic E-state index is 12.4. The molecule has 0 aliphatic rings. The summed E-state index contributed by atoms with van der Waals surface area (Å²) in [6.07, 6.45) is 1.77. The molecule has 46 heavy (non-hydrogen) atoms. The second kappa shape index (κ2) is 22.5. The Balaban J connectivity index is 0. The molecule has 3 aromatic heterocycles. The number of rotatable bonds is 8. The fourth-order valence-electron chi connectivity index (χ4n) is 3.23. The summed E-state index contributed by atoms with van der Waals surface area (Å²) in [5.74, 6) is 0.872. The van der Waals surface area contributed by atoms with Crippen LogP contribution in [0.4, 0.5) is 11.6 Å². The van der Waals surface area contributed by atoms with E-state index >= 15 is 0 Å². The van der Waals surface area contributed by atoms with Crippen LogP contribution in [-0.2, 0) is 46.0 Å². The first-order valence-corrected chi connectivity index (χ1v) is 13.6. The Morgan fingerprint density at radius 2 is 1.09 bits per heavy atom. The Morgan fingerprint density at radius 3 is 1.41 bits per heavy atom. The van der Waals surface area contributed by atoms with Crippen LogP contribution in [0, 0.1) is 22.2 Å². The van der Waals surface area contributed by atoms with Gasteiger partial charge in [-0.25, -0.2) is 9.97 Å². The van der Waals surface area contributed by atoms with Gasteiger partial charge in [0.15, 0.2) is 0 Å². The number of amides is 2. The maximum Gasteiger partial charge on any atom is 3.00 e. The SMILES string of the molecule is CC#N.CC(C)(C)C(=O)Nc1cccc(CN(Cc2ccccn2)Cc2cccc(NC(=O)C(C)(C)C)n2)n1.[Co+3].[N-]=[N+]=[N-].[N-]=[N+]=[N-]. The zero-order valence-electron chi connectivity index (χ0n) is 27.0. The summed E-state index contributed by atoms with van der Waals surface area (Å²) in [5.41, 5.74) is 28.5. The number of pyridine rings is 3. The predicted octanol–water partition coefficient (Wildman–Crippen LogP) is 7.30. The minimum Gasteiger partial charge on any atom is -0.373 e. The third-order valence-electron chi connectivity index (χ3n) is 5.34. The van der Waals surface area contributed by atoms with Crippen molar-refractivity contribution in [2.75, 3.05) is 10.6 Å². The van der Waals surface area contributed by atoms with Crippen LogP contribution in [0.2, 0.25) is 0 Å². The average molecular weight is 673 g/mol. The second-order valence-electron chi connectivity index (χ2n) is 11.3. The third-order valence-corrected chi connectivity index (χ3v) is 5.34. The molecule has 15 nitrogen and oxygen atoms in total. The number of carbonyl (C=O) groups excluding carboxylic acids is 2. The Morgan fingerprint density at radius 1 is 0.739 bits per heavy atom. The van der Waals surface area contributed by atoms with Crippen LogP contribution in [0.25, 0.3) is 31.9 Å². The van der Waals surface area contributed by atoms with E-state index in [2.05, 4.69) is 30.5 Å². The molecule has 0 saturated heterocycles. The molecule has 0 atom stereocenters. The molecule has 0 bridgehead atoms. The van der Waals surface area contributed by atoms with Crippen molar-refractivity contribution in [2.45, 2.75) is 68.1 Å². The van der Waals surface area contributed by atoms with Gasteiger partial charge in [0.1, 0.15) is 11.6 Å². The Kier molecular flexibility index (Phi) is 21.1. The number of anilines is 2. The van der Waals surface area contributed by atoms with Gasteiger partial charge in [0, 0.05) is 43.6 Å². The van der Waals surface area contributed by atoms with E-state index in [0.717, 1.165) is 17.1 Å². The molecule has 0 aliphatic carbocycles. The molecule has 3 heterocycles. The van der Waals surface area contributed by atoms with E-state index in [0.29, 0.717) is 31.3 Å². The molecule has 2 N–H and O–H groups in total. The van der Waals surface area contributed by atoms with E-state index in [1.807, 2.05) is 84.0 Å². The molecular formula is C30H39CoN13O2+. The van der Waals surface area contributed by atoms with E-state index in [1.54, 1.807) is 24.4 Å². The van der Waals surface area contributed by atoms with E-state index in [-0.39, 0.29) is 28.6 Å². The monoisotopic (exact) mass is 672 g/mol. The van der Waals surface area contributed by atoms with Crippen LogP contribution < -0.4 is 10.6 Å². The standard InChI is InChI=1S/C28H36N6O2.C2H3N.Co.2N3/c1-27(2,3)25(35)32-23-14-9-12-21(30-23)18-34(17-20-11-7-8-16-29-20)19-22-13-10-15-24(31-22)33-26(36)28(4,5)6;1-2-3;;2*1-3-2/h7-16H,17-19H2,1-6H3,(H,30,32,35)(H,31,33,36);1H3;;;/q;;+3;2*-1. The predicted molar refractivity (Wildman–Crippen MR) is 173 cm³/mol. The van der Waals surface area contributed by atoms with E-state index in [9.17, 15) is 9.59 Å². The molecule has 0 saturated carbocycles. The topological polar surface area (TPSA) is 241 Å². The van der Waals surface area contributed by atoms with Crippen molar-refractivity contribution in [3.8, 4) is 6.07 Å². The largest absolute Gasteiger partial charge is 3.00 e. The van der Waals surface area contributed by atoms with Crippen molar-refractivity contribution in [1.82, 2.24) is 19.9 Å². The normalized spacial score (nSPS) is 9.80. The number of hydrogen-bond acceptors (Lipinski definition) is 7.